The van der Waals surface area contributed by atoms with Crippen molar-refractivity contribution in [3.05, 3.63) is 20.3 Å². The number of rotatable bonds is 2. The quantitative estimate of drug-likeness (QED) is 0.716. The first kappa shape index (κ1) is 11.1. The van der Waals surface area contributed by atoms with E-state index < -0.39 is 0 Å². The lowest BCUT2D eigenvalue weighted by Crippen LogP contribution is -2.20. The Kier molecular flexibility index (Phi) is 2.77. The SMILES string of the molecule is O=C(c1cc(Cl)sc1Cl)C1CC2CCC1C2. The molecule has 2 aliphatic carbocycles. The zero-order chi connectivity index (χ0) is 11.3. The largest absolute Gasteiger partial charge is 0.294 e. The first-order valence-corrected chi connectivity index (χ1v) is 7.21. The third-order valence-electron chi connectivity index (χ3n) is 4.00. The molecule has 0 spiro atoms. The lowest BCUT2D eigenvalue weighted by molar-refractivity contribution is 0.0875. The summed E-state index contributed by atoms with van der Waals surface area (Å²) in [6.45, 7) is 0. The maximum Gasteiger partial charge on any atom is 0.168 e. The molecular weight excluding hydrogens is 263 g/mol. The number of ketones is 1. The summed E-state index contributed by atoms with van der Waals surface area (Å²) >= 11 is 13.2. The molecule has 0 aromatic carbocycles. The standard InChI is InChI=1S/C12H12Cl2OS/c13-10-5-9(12(14)16-10)11(15)8-4-6-1-2-7(8)3-6/h5-8H,1-4H2. The van der Waals surface area contributed by atoms with E-state index in [-0.39, 0.29) is 11.7 Å². The molecule has 3 atom stereocenters. The number of hydrogen-bond donors (Lipinski definition) is 0. The Morgan fingerprint density at radius 2 is 2.12 bits per heavy atom. The minimum Gasteiger partial charge on any atom is -0.294 e. The van der Waals surface area contributed by atoms with E-state index in [0.29, 0.717) is 20.2 Å². The van der Waals surface area contributed by atoms with Crippen molar-refractivity contribution in [2.24, 2.45) is 17.8 Å². The normalized spacial score (nSPS) is 32.2. The summed E-state index contributed by atoms with van der Waals surface area (Å²) in [6.07, 6.45) is 4.84. The molecule has 0 radical (unpaired) electrons. The maximum atomic E-state index is 12.3. The first-order chi connectivity index (χ1) is 7.65. The smallest absolute Gasteiger partial charge is 0.168 e. The number of halogens is 2. The van der Waals surface area contributed by atoms with Gasteiger partial charge in [-0.25, -0.2) is 0 Å². The molecule has 2 bridgehead atoms. The van der Waals surface area contributed by atoms with Crippen LogP contribution < -0.4 is 0 Å². The molecule has 2 aliphatic rings. The third kappa shape index (κ3) is 1.71. The van der Waals surface area contributed by atoms with Crippen LogP contribution in [-0.4, -0.2) is 5.78 Å². The van der Waals surface area contributed by atoms with Gasteiger partial charge in [0.05, 0.1) is 4.34 Å². The van der Waals surface area contributed by atoms with E-state index in [1.807, 2.05) is 0 Å². The topological polar surface area (TPSA) is 17.1 Å². The summed E-state index contributed by atoms with van der Waals surface area (Å²) in [5, 5.41) is 0. The van der Waals surface area contributed by atoms with Gasteiger partial charge >= 0.3 is 0 Å². The Labute approximate surface area is 109 Å². The molecule has 2 saturated carbocycles. The fraction of sp³-hybridized carbons (Fsp3) is 0.583. The number of carbonyl (C=O) groups excluding carboxylic acids is 1. The van der Waals surface area contributed by atoms with Crippen LogP contribution in [0.3, 0.4) is 0 Å². The van der Waals surface area contributed by atoms with Crippen molar-refractivity contribution in [3.63, 3.8) is 0 Å². The van der Waals surface area contributed by atoms with Crippen LogP contribution in [0, 0.1) is 17.8 Å². The van der Waals surface area contributed by atoms with E-state index in [2.05, 4.69) is 0 Å². The zero-order valence-corrected chi connectivity index (χ0v) is 11.0. The van der Waals surface area contributed by atoms with Crippen LogP contribution in [-0.2, 0) is 0 Å². The average molecular weight is 275 g/mol. The average Bonchev–Trinajstić information content (AvgIpc) is 2.91. The predicted octanol–water partition coefficient (Wildman–Crippen LogP) is 4.67. The Morgan fingerprint density at radius 3 is 2.62 bits per heavy atom. The van der Waals surface area contributed by atoms with Gasteiger partial charge in [-0.1, -0.05) is 29.6 Å². The van der Waals surface area contributed by atoms with Crippen LogP contribution in [0.15, 0.2) is 6.07 Å². The third-order valence-corrected chi connectivity index (χ3v) is 5.48. The monoisotopic (exact) mass is 274 g/mol. The summed E-state index contributed by atoms with van der Waals surface area (Å²) < 4.78 is 1.16. The predicted molar refractivity (Wildman–Crippen MR) is 67.6 cm³/mol. The zero-order valence-electron chi connectivity index (χ0n) is 8.71. The molecule has 0 saturated heterocycles. The Bertz CT molecular complexity index is 440. The van der Waals surface area contributed by atoms with Gasteiger partial charge in [0, 0.05) is 11.5 Å². The highest BCUT2D eigenvalue weighted by molar-refractivity contribution is 7.20. The van der Waals surface area contributed by atoms with Crippen LogP contribution in [0.25, 0.3) is 0 Å². The van der Waals surface area contributed by atoms with Crippen molar-refractivity contribution >= 4 is 40.3 Å². The van der Waals surface area contributed by atoms with Crippen molar-refractivity contribution in [3.8, 4) is 0 Å². The minimum atomic E-state index is 0.210. The molecule has 86 valence electrons. The van der Waals surface area contributed by atoms with E-state index in [4.69, 9.17) is 23.2 Å². The Hall–Kier alpha value is -0.0500. The van der Waals surface area contributed by atoms with Gasteiger partial charge in [-0.15, -0.1) is 11.3 Å². The van der Waals surface area contributed by atoms with Crippen LogP contribution in [0.4, 0.5) is 0 Å². The van der Waals surface area contributed by atoms with Crippen molar-refractivity contribution in [1.82, 2.24) is 0 Å². The molecule has 1 aromatic heterocycles. The van der Waals surface area contributed by atoms with Crippen LogP contribution >= 0.6 is 34.5 Å². The molecule has 3 rings (SSSR count). The van der Waals surface area contributed by atoms with Gasteiger partial charge < -0.3 is 0 Å². The Balaban J connectivity index is 1.86. The van der Waals surface area contributed by atoms with E-state index in [0.717, 1.165) is 12.3 Å². The van der Waals surface area contributed by atoms with Crippen LogP contribution in [0.2, 0.25) is 8.67 Å². The molecule has 16 heavy (non-hydrogen) atoms. The summed E-state index contributed by atoms with van der Waals surface area (Å²) in [6, 6.07) is 1.73. The molecule has 1 aromatic rings. The number of carbonyl (C=O) groups is 1. The van der Waals surface area contributed by atoms with E-state index in [9.17, 15) is 4.79 Å². The van der Waals surface area contributed by atoms with Gasteiger partial charge in [0.15, 0.2) is 5.78 Å². The summed E-state index contributed by atoms with van der Waals surface area (Å²) in [5.41, 5.74) is 0.647. The molecule has 4 heteroatoms. The second kappa shape index (κ2) is 4.01. The van der Waals surface area contributed by atoms with E-state index in [1.54, 1.807) is 6.07 Å². The van der Waals surface area contributed by atoms with Gasteiger partial charge in [0.25, 0.3) is 0 Å². The minimum absolute atomic E-state index is 0.210. The second-order valence-corrected chi connectivity index (χ2v) is 7.17. The van der Waals surface area contributed by atoms with Gasteiger partial charge in [0.1, 0.15) is 4.34 Å². The van der Waals surface area contributed by atoms with Gasteiger partial charge in [-0.05, 0) is 37.2 Å². The van der Waals surface area contributed by atoms with Gasteiger partial charge in [-0.2, -0.15) is 0 Å². The second-order valence-electron chi connectivity index (χ2n) is 4.88. The lowest BCUT2D eigenvalue weighted by atomic mass is 9.84. The van der Waals surface area contributed by atoms with Crippen molar-refractivity contribution in [1.29, 1.82) is 0 Å². The van der Waals surface area contributed by atoms with E-state index in [1.165, 1.54) is 30.6 Å². The van der Waals surface area contributed by atoms with Crippen LogP contribution in [0.5, 0.6) is 0 Å². The molecule has 1 heterocycles. The highest BCUT2D eigenvalue weighted by atomic mass is 35.5. The van der Waals surface area contributed by atoms with Crippen molar-refractivity contribution in [2.75, 3.05) is 0 Å². The molecule has 0 amide bonds. The highest BCUT2D eigenvalue weighted by Gasteiger charge is 2.43. The van der Waals surface area contributed by atoms with Crippen molar-refractivity contribution < 1.29 is 4.79 Å². The van der Waals surface area contributed by atoms with Crippen LogP contribution in [0.1, 0.15) is 36.0 Å². The lowest BCUT2D eigenvalue weighted by Gasteiger charge is -2.19. The molecule has 2 fully saturated rings. The maximum absolute atomic E-state index is 12.3. The molecule has 1 nitrogen and oxygen atoms in total. The van der Waals surface area contributed by atoms with Gasteiger partial charge in [0.2, 0.25) is 0 Å². The van der Waals surface area contributed by atoms with Gasteiger partial charge in [-0.3, -0.25) is 4.79 Å². The number of hydrogen-bond acceptors (Lipinski definition) is 2. The van der Waals surface area contributed by atoms with Crippen molar-refractivity contribution in [2.45, 2.75) is 25.7 Å². The number of fused-ring (bicyclic) bond motifs is 2. The highest BCUT2D eigenvalue weighted by Crippen LogP contribution is 2.50. The molecule has 3 unspecified atom stereocenters. The fourth-order valence-electron chi connectivity index (χ4n) is 3.27. The van der Waals surface area contributed by atoms with E-state index >= 15 is 0 Å². The molecule has 0 aliphatic heterocycles. The number of thiophene rings is 1. The summed E-state index contributed by atoms with van der Waals surface area (Å²) in [7, 11) is 0. The summed E-state index contributed by atoms with van der Waals surface area (Å²) in [5.74, 6) is 1.82. The summed E-state index contributed by atoms with van der Waals surface area (Å²) in [4.78, 5) is 12.3. The first-order valence-electron chi connectivity index (χ1n) is 5.64. The Morgan fingerprint density at radius 1 is 1.31 bits per heavy atom. The number of Topliss-reactive ketones (excluding diaryl/α,β-unsaturated/α-hetero) is 1. The molecular formula is C12H12Cl2OS. The molecule has 0 N–H and O–H groups in total. The fourth-order valence-corrected chi connectivity index (χ4v) is 4.75.